The Hall–Kier alpha value is -1.38. The van der Waals surface area contributed by atoms with Gasteiger partial charge in [-0.1, -0.05) is 11.8 Å². The lowest BCUT2D eigenvalue weighted by molar-refractivity contribution is -0.153. The fourth-order valence-electron chi connectivity index (χ4n) is 2.45. The Morgan fingerprint density at radius 3 is 2.65 bits per heavy atom. The third-order valence-electron chi connectivity index (χ3n) is 3.36. The third kappa shape index (κ3) is 1.72. The summed E-state index contributed by atoms with van der Waals surface area (Å²) in [7, 11) is 0. The molecule has 1 aromatic heterocycles. The number of hydrogen-bond donors (Lipinski definition) is 2. The van der Waals surface area contributed by atoms with Gasteiger partial charge in [0, 0.05) is 0 Å². The van der Waals surface area contributed by atoms with Crippen molar-refractivity contribution in [1.82, 2.24) is 9.88 Å². The molecule has 20 heavy (non-hydrogen) atoms. The van der Waals surface area contributed by atoms with Crippen LogP contribution in [0.15, 0.2) is 5.70 Å². The van der Waals surface area contributed by atoms with E-state index < -0.39 is 11.9 Å². The number of carboxylic acids is 1. The number of nitrogens with zero attached hydrogens (tertiary/aromatic N) is 2. The normalized spacial score (nSPS) is 24.9. The van der Waals surface area contributed by atoms with E-state index in [-0.39, 0.29) is 23.6 Å². The zero-order chi connectivity index (χ0) is 14.6. The molecule has 1 fully saturated rings. The van der Waals surface area contributed by atoms with Gasteiger partial charge in [-0.05, 0) is 13.8 Å². The van der Waals surface area contributed by atoms with Crippen LogP contribution in [0.3, 0.4) is 0 Å². The SMILES string of the molecule is Cc1nc(C)c(C2=C(C(=O)O)N3C(=O)[C@H](CO)[C@H]3S2)s1. The second-order valence-corrected chi connectivity index (χ2v) is 6.97. The van der Waals surface area contributed by atoms with Crippen LogP contribution in [0.5, 0.6) is 0 Å². The van der Waals surface area contributed by atoms with E-state index in [0.717, 1.165) is 15.6 Å². The molecule has 0 saturated carbocycles. The first kappa shape index (κ1) is 13.6. The number of amides is 1. The molecule has 2 N–H and O–H groups in total. The Labute approximate surface area is 123 Å². The van der Waals surface area contributed by atoms with Crippen LogP contribution in [0.2, 0.25) is 0 Å². The number of thioether (sulfide) groups is 1. The predicted octanol–water partition coefficient (Wildman–Crippen LogP) is 1.04. The number of hydrogen-bond acceptors (Lipinski definition) is 6. The maximum atomic E-state index is 11.9. The molecule has 0 aliphatic carbocycles. The van der Waals surface area contributed by atoms with Crippen molar-refractivity contribution in [3.05, 3.63) is 21.3 Å². The van der Waals surface area contributed by atoms with Gasteiger partial charge in [0.2, 0.25) is 5.91 Å². The van der Waals surface area contributed by atoms with Gasteiger partial charge in [0.1, 0.15) is 11.1 Å². The first-order chi connectivity index (χ1) is 9.45. The Morgan fingerprint density at radius 2 is 2.15 bits per heavy atom. The third-order valence-corrected chi connectivity index (χ3v) is 5.99. The summed E-state index contributed by atoms with van der Waals surface area (Å²) in [6, 6.07) is 0. The number of aromatic nitrogens is 1. The quantitative estimate of drug-likeness (QED) is 0.810. The first-order valence-electron chi connectivity index (χ1n) is 5.98. The summed E-state index contributed by atoms with van der Waals surface area (Å²) in [5.74, 6) is -1.96. The minimum Gasteiger partial charge on any atom is -0.477 e. The highest BCUT2D eigenvalue weighted by atomic mass is 32.2. The number of β-lactam (4-membered cyclic amide) rings is 1. The van der Waals surface area contributed by atoms with Gasteiger partial charge in [0.25, 0.3) is 0 Å². The fraction of sp³-hybridized carbons (Fsp3) is 0.417. The molecule has 0 radical (unpaired) electrons. The Morgan fingerprint density at radius 1 is 1.45 bits per heavy atom. The lowest BCUT2D eigenvalue weighted by Gasteiger charge is -2.41. The summed E-state index contributed by atoms with van der Waals surface area (Å²) in [6.07, 6.45) is 0. The molecule has 2 aliphatic heterocycles. The Balaban J connectivity index is 2.08. The van der Waals surface area contributed by atoms with Crippen molar-refractivity contribution >= 4 is 39.9 Å². The number of carboxylic acid groups (broad SMARTS) is 1. The number of thiazole rings is 1. The van der Waals surface area contributed by atoms with Crippen LogP contribution >= 0.6 is 23.1 Å². The zero-order valence-corrected chi connectivity index (χ0v) is 12.4. The summed E-state index contributed by atoms with van der Waals surface area (Å²) in [4.78, 5) is 30.3. The molecule has 1 saturated heterocycles. The molecule has 6 nitrogen and oxygen atoms in total. The van der Waals surface area contributed by atoms with Crippen LogP contribution in [-0.4, -0.2) is 44.0 Å². The first-order valence-corrected chi connectivity index (χ1v) is 7.68. The number of aryl methyl sites for hydroxylation is 2. The van der Waals surface area contributed by atoms with Crippen molar-refractivity contribution < 1.29 is 19.8 Å². The molecule has 106 valence electrons. The molecule has 0 bridgehead atoms. The van der Waals surface area contributed by atoms with Crippen molar-refractivity contribution in [2.24, 2.45) is 5.92 Å². The van der Waals surface area contributed by atoms with Crippen LogP contribution in [0, 0.1) is 19.8 Å². The molecule has 3 heterocycles. The van der Waals surface area contributed by atoms with Gasteiger partial charge in [-0.3, -0.25) is 9.69 Å². The van der Waals surface area contributed by atoms with Gasteiger partial charge in [0.05, 0.1) is 33.0 Å². The van der Waals surface area contributed by atoms with Crippen LogP contribution in [0.4, 0.5) is 0 Å². The van der Waals surface area contributed by atoms with Gasteiger partial charge < -0.3 is 10.2 Å². The van der Waals surface area contributed by atoms with E-state index in [1.54, 1.807) is 0 Å². The van der Waals surface area contributed by atoms with Crippen molar-refractivity contribution in [2.45, 2.75) is 19.2 Å². The number of carbonyl (C=O) groups is 2. The minimum absolute atomic E-state index is 0.0152. The summed E-state index contributed by atoms with van der Waals surface area (Å²) in [5, 5.41) is 19.2. The van der Waals surface area contributed by atoms with E-state index >= 15 is 0 Å². The van der Waals surface area contributed by atoms with Crippen molar-refractivity contribution in [3.63, 3.8) is 0 Å². The maximum Gasteiger partial charge on any atom is 0.353 e. The van der Waals surface area contributed by atoms with Crippen molar-refractivity contribution in [3.8, 4) is 0 Å². The largest absolute Gasteiger partial charge is 0.477 e. The van der Waals surface area contributed by atoms with Crippen LogP contribution < -0.4 is 0 Å². The molecule has 2 atom stereocenters. The highest BCUT2D eigenvalue weighted by Crippen LogP contribution is 2.54. The Kier molecular flexibility index (Phi) is 3.11. The van der Waals surface area contributed by atoms with E-state index in [0.29, 0.717) is 4.91 Å². The zero-order valence-electron chi connectivity index (χ0n) is 10.8. The van der Waals surface area contributed by atoms with Gasteiger partial charge in [-0.25, -0.2) is 9.78 Å². The lowest BCUT2D eigenvalue weighted by atomic mass is 9.98. The van der Waals surface area contributed by atoms with Crippen molar-refractivity contribution in [2.75, 3.05) is 6.61 Å². The lowest BCUT2D eigenvalue weighted by Crippen LogP contribution is -2.58. The minimum atomic E-state index is -1.12. The fourth-order valence-corrected chi connectivity index (χ4v) is 5.06. The van der Waals surface area contributed by atoms with Gasteiger partial charge in [0.15, 0.2) is 0 Å². The number of aliphatic hydroxyl groups is 1. The van der Waals surface area contributed by atoms with E-state index in [9.17, 15) is 19.8 Å². The van der Waals surface area contributed by atoms with Crippen LogP contribution in [0.1, 0.15) is 15.6 Å². The number of aliphatic hydroxyl groups excluding tert-OH is 1. The number of aliphatic carboxylic acids is 1. The summed E-state index contributed by atoms with van der Waals surface area (Å²) in [6.45, 7) is 3.43. The molecule has 2 aliphatic rings. The second kappa shape index (κ2) is 4.57. The van der Waals surface area contributed by atoms with Crippen LogP contribution in [0.25, 0.3) is 4.91 Å². The van der Waals surface area contributed by atoms with Gasteiger partial charge >= 0.3 is 5.97 Å². The van der Waals surface area contributed by atoms with E-state index in [1.807, 2.05) is 13.8 Å². The molecule has 1 amide bonds. The molecule has 8 heteroatoms. The van der Waals surface area contributed by atoms with E-state index in [1.165, 1.54) is 28.0 Å². The maximum absolute atomic E-state index is 11.9. The summed E-state index contributed by atoms with van der Waals surface area (Å²) in [5.41, 5.74) is 0.783. The molecule has 1 aromatic rings. The summed E-state index contributed by atoms with van der Waals surface area (Å²) >= 11 is 2.75. The molecule has 0 aromatic carbocycles. The average molecular weight is 312 g/mol. The number of rotatable bonds is 3. The molecule has 3 rings (SSSR count). The smallest absolute Gasteiger partial charge is 0.353 e. The second-order valence-electron chi connectivity index (χ2n) is 4.64. The van der Waals surface area contributed by atoms with E-state index in [2.05, 4.69) is 4.98 Å². The Bertz CT molecular complexity index is 652. The van der Waals surface area contributed by atoms with E-state index in [4.69, 9.17) is 0 Å². The molecule has 0 spiro atoms. The monoisotopic (exact) mass is 312 g/mol. The number of carbonyl (C=O) groups excluding carboxylic acids is 1. The standard InChI is InChI=1S/C12H12N2O4S2/c1-4-8(19-5(2)13-4)9-7(12(17)18)14-10(16)6(3-15)11(14)20-9/h6,11,15H,3H2,1-2H3,(H,17,18)/t6-,11+/m0/s1. The molecular formula is C12H12N2O4S2. The highest BCUT2D eigenvalue weighted by Gasteiger charge is 2.56. The predicted molar refractivity (Wildman–Crippen MR) is 74.9 cm³/mol. The van der Waals surface area contributed by atoms with Gasteiger partial charge in [-0.2, -0.15) is 0 Å². The summed E-state index contributed by atoms with van der Waals surface area (Å²) < 4.78 is 0. The molecule has 0 unspecified atom stereocenters. The topological polar surface area (TPSA) is 90.7 Å². The number of fused-ring (bicyclic) bond motifs is 1. The average Bonchev–Trinajstić information content (AvgIpc) is 2.87. The van der Waals surface area contributed by atoms with Crippen LogP contribution in [-0.2, 0) is 9.59 Å². The molecular weight excluding hydrogens is 300 g/mol. The van der Waals surface area contributed by atoms with Gasteiger partial charge in [-0.15, -0.1) is 11.3 Å². The highest BCUT2D eigenvalue weighted by molar-refractivity contribution is 8.09. The van der Waals surface area contributed by atoms with Crippen molar-refractivity contribution in [1.29, 1.82) is 0 Å².